The predicted octanol–water partition coefficient (Wildman–Crippen LogP) is 4.47. The van der Waals surface area contributed by atoms with E-state index in [1.807, 2.05) is 44.2 Å². The highest BCUT2D eigenvalue weighted by atomic mass is 32.2. The van der Waals surface area contributed by atoms with Crippen molar-refractivity contribution in [3.8, 4) is 5.75 Å². The summed E-state index contributed by atoms with van der Waals surface area (Å²) in [6, 6.07) is 14.1. The van der Waals surface area contributed by atoms with Crippen LogP contribution >= 0.6 is 0 Å². The van der Waals surface area contributed by atoms with Crippen molar-refractivity contribution in [2.75, 3.05) is 44.5 Å². The number of carbonyl (C=O) groups excluding carboxylic acids is 2. The van der Waals surface area contributed by atoms with Gasteiger partial charge < -0.3 is 30.0 Å². The van der Waals surface area contributed by atoms with E-state index in [1.165, 1.54) is 32.4 Å². The molecule has 0 spiro atoms. The number of methoxy groups -OCH3 is 1. The van der Waals surface area contributed by atoms with Crippen LogP contribution in [0, 0.1) is 17.6 Å². The van der Waals surface area contributed by atoms with Crippen molar-refractivity contribution >= 4 is 27.5 Å². The zero-order chi connectivity index (χ0) is 36.3. The minimum absolute atomic E-state index is 0.00580. The Morgan fingerprint density at radius 2 is 1.47 bits per heavy atom. The third-order valence-corrected chi connectivity index (χ3v) is 8.80. The van der Waals surface area contributed by atoms with Crippen LogP contribution in [0.15, 0.2) is 66.7 Å². The summed E-state index contributed by atoms with van der Waals surface area (Å²) < 4.78 is 70.2. The van der Waals surface area contributed by atoms with Gasteiger partial charge in [0.25, 0.3) is 11.8 Å². The maximum Gasteiger partial charge on any atom is 0.251 e. The van der Waals surface area contributed by atoms with Crippen LogP contribution in [-0.4, -0.2) is 83.8 Å². The first-order chi connectivity index (χ1) is 23.1. The summed E-state index contributed by atoms with van der Waals surface area (Å²) in [5, 5.41) is 16.8. The van der Waals surface area contributed by atoms with E-state index in [0.29, 0.717) is 12.7 Å². The molecule has 268 valence electrons. The maximum atomic E-state index is 13.9. The van der Waals surface area contributed by atoms with Gasteiger partial charge in [-0.05, 0) is 36.6 Å². The molecule has 3 rings (SSSR count). The van der Waals surface area contributed by atoms with Crippen LogP contribution in [0.2, 0.25) is 0 Å². The Labute approximate surface area is 286 Å². The van der Waals surface area contributed by atoms with E-state index in [-0.39, 0.29) is 41.5 Å². The molecule has 49 heavy (non-hydrogen) atoms. The second-order valence-electron chi connectivity index (χ2n) is 12.2. The molecule has 0 aliphatic heterocycles. The van der Waals surface area contributed by atoms with Gasteiger partial charge in [-0.3, -0.25) is 13.9 Å². The van der Waals surface area contributed by atoms with Crippen LogP contribution in [0.4, 0.5) is 14.5 Å². The van der Waals surface area contributed by atoms with E-state index in [4.69, 9.17) is 14.2 Å². The standard InChI is InChI=1S/C35H45F2N3O8S/c1-22(2)19-47-20-31(46-5)18-33(41)32(21-48-30-16-27(36)15-28(37)17-30)39-35(43)26-12-25(13-29(14-26)40(4)49(6,44)45)34(42)38-23(3)24-10-8-7-9-11-24/h7-17,22-23,31-33,41H,18-21H2,1-6H3,(H,38,42)(H,39,43)/t23-,31-,32+,33+/m1/s1. The molecule has 0 saturated heterocycles. The number of halogens is 2. The van der Waals surface area contributed by atoms with E-state index in [2.05, 4.69) is 10.6 Å². The molecule has 4 atom stereocenters. The minimum atomic E-state index is -3.80. The first-order valence-corrected chi connectivity index (χ1v) is 17.5. The van der Waals surface area contributed by atoms with E-state index in [9.17, 15) is 31.9 Å². The molecule has 11 nitrogen and oxygen atoms in total. The Hall–Kier alpha value is -4.11. The third kappa shape index (κ3) is 12.4. The van der Waals surface area contributed by atoms with Crippen molar-refractivity contribution in [1.29, 1.82) is 0 Å². The van der Waals surface area contributed by atoms with Gasteiger partial charge in [0.1, 0.15) is 24.0 Å². The molecule has 0 aliphatic carbocycles. The molecular weight excluding hydrogens is 660 g/mol. The normalized spacial score (nSPS) is 14.1. The Kier molecular flexibility index (Phi) is 14.5. The summed E-state index contributed by atoms with van der Waals surface area (Å²) >= 11 is 0. The fourth-order valence-electron chi connectivity index (χ4n) is 4.75. The number of anilines is 1. The lowest BCUT2D eigenvalue weighted by atomic mass is 10.0. The number of aliphatic hydroxyl groups excluding tert-OH is 1. The zero-order valence-electron chi connectivity index (χ0n) is 28.5. The predicted molar refractivity (Wildman–Crippen MR) is 182 cm³/mol. The lowest BCUT2D eigenvalue weighted by Crippen LogP contribution is -2.48. The molecule has 0 saturated carbocycles. The molecule has 0 unspecified atom stereocenters. The molecule has 3 aromatic carbocycles. The third-order valence-electron chi connectivity index (χ3n) is 7.59. The maximum absolute atomic E-state index is 13.9. The number of ether oxygens (including phenoxy) is 3. The summed E-state index contributed by atoms with van der Waals surface area (Å²) in [6.45, 7) is 5.95. The molecule has 0 aliphatic rings. The van der Waals surface area contributed by atoms with Gasteiger partial charge in [0, 0.05) is 56.5 Å². The molecule has 2 amide bonds. The Balaban J connectivity index is 1.93. The smallest absolute Gasteiger partial charge is 0.251 e. The highest BCUT2D eigenvalue weighted by molar-refractivity contribution is 7.92. The van der Waals surface area contributed by atoms with Gasteiger partial charge in [-0.1, -0.05) is 44.2 Å². The number of carbonyl (C=O) groups is 2. The zero-order valence-corrected chi connectivity index (χ0v) is 29.3. The lowest BCUT2D eigenvalue weighted by molar-refractivity contribution is -0.0315. The van der Waals surface area contributed by atoms with Crippen LogP contribution in [-0.2, 0) is 19.5 Å². The van der Waals surface area contributed by atoms with Crippen LogP contribution in [0.25, 0.3) is 0 Å². The van der Waals surface area contributed by atoms with Crippen molar-refractivity contribution in [2.24, 2.45) is 5.92 Å². The number of sulfonamides is 1. The summed E-state index contributed by atoms with van der Waals surface area (Å²) in [4.78, 5) is 27.2. The average Bonchev–Trinajstić information content (AvgIpc) is 3.04. The largest absolute Gasteiger partial charge is 0.491 e. The Morgan fingerprint density at radius 1 is 0.878 bits per heavy atom. The van der Waals surface area contributed by atoms with Gasteiger partial charge in [-0.2, -0.15) is 0 Å². The molecule has 0 heterocycles. The quantitative estimate of drug-likeness (QED) is 0.176. The van der Waals surface area contributed by atoms with Gasteiger partial charge in [0.2, 0.25) is 10.0 Å². The molecule has 0 radical (unpaired) electrons. The van der Waals surface area contributed by atoms with Gasteiger partial charge >= 0.3 is 0 Å². The van der Waals surface area contributed by atoms with E-state index in [1.54, 1.807) is 6.92 Å². The highest BCUT2D eigenvalue weighted by Crippen LogP contribution is 2.23. The number of aliphatic hydroxyl groups is 1. The van der Waals surface area contributed by atoms with Gasteiger partial charge in [0.15, 0.2) is 0 Å². The number of hydrogen-bond donors (Lipinski definition) is 3. The molecular formula is C35H45F2N3O8S. The molecule has 3 N–H and O–H groups in total. The summed E-state index contributed by atoms with van der Waals surface area (Å²) in [6.07, 6.45) is -0.908. The van der Waals surface area contributed by atoms with Crippen molar-refractivity contribution < 1.29 is 46.1 Å². The lowest BCUT2D eigenvalue weighted by Gasteiger charge is -2.27. The Morgan fingerprint density at radius 3 is 2.02 bits per heavy atom. The summed E-state index contributed by atoms with van der Waals surface area (Å²) in [5.41, 5.74) is 0.782. The van der Waals surface area contributed by atoms with Crippen molar-refractivity contribution in [3.63, 3.8) is 0 Å². The number of hydrogen-bond acceptors (Lipinski definition) is 8. The fourth-order valence-corrected chi connectivity index (χ4v) is 5.24. The SMILES string of the molecule is CO[C@@H](COCC(C)C)C[C@H](O)[C@H](COc1cc(F)cc(F)c1)NC(=O)c1cc(C(=O)N[C@H](C)c2ccccc2)cc(N(C)S(C)(=O)=O)c1. The van der Waals surface area contributed by atoms with E-state index in [0.717, 1.165) is 28.3 Å². The monoisotopic (exact) mass is 705 g/mol. The first-order valence-electron chi connectivity index (χ1n) is 15.7. The topological polar surface area (TPSA) is 144 Å². The Bertz CT molecular complexity index is 1640. The molecule has 0 aromatic heterocycles. The highest BCUT2D eigenvalue weighted by Gasteiger charge is 2.28. The van der Waals surface area contributed by atoms with E-state index >= 15 is 0 Å². The first kappa shape index (κ1) is 39.3. The second kappa shape index (κ2) is 18.0. The van der Waals surface area contributed by atoms with Gasteiger partial charge in [-0.25, -0.2) is 17.2 Å². The van der Waals surface area contributed by atoms with Gasteiger partial charge in [-0.15, -0.1) is 0 Å². The van der Waals surface area contributed by atoms with Crippen LogP contribution in [0.1, 0.15) is 59.5 Å². The summed E-state index contributed by atoms with van der Waals surface area (Å²) in [5.74, 6) is -3.01. The molecule has 3 aromatic rings. The number of amides is 2. The number of nitrogens with one attached hydrogen (secondary N) is 2. The minimum Gasteiger partial charge on any atom is -0.491 e. The number of nitrogens with zero attached hydrogens (tertiary/aromatic N) is 1. The summed E-state index contributed by atoms with van der Waals surface area (Å²) in [7, 11) is -1.06. The van der Waals surface area contributed by atoms with E-state index < -0.39 is 64.4 Å². The number of rotatable bonds is 18. The second-order valence-corrected chi connectivity index (χ2v) is 14.2. The molecule has 0 bridgehead atoms. The van der Waals surface area contributed by atoms with Crippen molar-refractivity contribution in [1.82, 2.24) is 10.6 Å². The van der Waals surface area contributed by atoms with Crippen LogP contribution in [0.5, 0.6) is 5.75 Å². The van der Waals surface area contributed by atoms with Crippen LogP contribution in [0.3, 0.4) is 0 Å². The van der Waals surface area contributed by atoms with Crippen LogP contribution < -0.4 is 19.7 Å². The van der Waals surface area contributed by atoms with Crippen molar-refractivity contribution in [3.05, 3.63) is 95.1 Å². The van der Waals surface area contributed by atoms with Gasteiger partial charge in [0.05, 0.1) is 42.8 Å². The average molecular weight is 706 g/mol. The fraction of sp³-hybridized carbons (Fsp3) is 0.429. The molecule has 0 fully saturated rings. The molecule has 14 heteroatoms. The number of benzene rings is 3. The van der Waals surface area contributed by atoms with Crippen molar-refractivity contribution in [2.45, 2.75) is 51.5 Å².